The van der Waals surface area contributed by atoms with Crippen molar-refractivity contribution in [1.29, 1.82) is 0 Å². The molecule has 0 spiro atoms. The second-order valence-electron chi connectivity index (χ2n) is 11.9. The number of hydrogen-bond acceptors (Lipinski definition) is 8. The van der Waals surface area contributed by atoms with Crippen LogP contribution in [0.1, 0.15) is 40.0 Å². The number of nitrogens with zero attached hydrogens (tertiary/aromatic N) is 4. The molecule has 1 atom stereocenters. The first kappa shape index (κ1) is 28.8. The number of rotatable bonds is 5. The molecule has 3 aliphatic rings. The molecule has 0 radical (unpaired) electrons. The van der Waals surface area contributed by atoms with Crippen LogP contribution in [-0.4, -0.2) is 61.9 Å². The molecule has 2 aliphatic heterocycles. The van der Waals surface area contributed by atoms with Gasteiger partial charge in [0.05, 0.1) is 35.2 Å². The van der Waals surface area contributed by atoms with Crippen molar-refractivity contribution < 1.29 is 22.7 Å². The van der Waals surface area contributed by atoms with Gasteiger partial charge in [0.2, 0.25) is 14.8 Å². The molecule has 2 fully saturated rings. The molecule has 1 aromatic heterocycles. The van der Waals surface area contributed by atoms with Crippen molar-refractivity contribution >= 4 is 44.4 Å². The Bertz CT molecular complexity index is 1700. The number of amides is 1. The molecule has 1 N–H and O–H groups in total. The molecule has 1 saturated carbocycles. The SMILES string of the molecule is CC1CC(=Nn2c(-c3ccc4c(c3)NC(=O)CO4)csc2=Nc2ccc(S(=O)(=O)N3CCOCC3)cc2)CC(C)(C)C1. The fourth-order valence-electron chi connectivity index (χ4n) is 5.99. The summed E-state index contributed by atoms with van der Waals surface area (Å²) in [7, 11) is -3.59. The average molecular weight is 610 g/mol. The van der Waals surface area contributed by atoms with Crippen molar-refractivity contribution in [2.24, 2.45) is 21.4 Å². The van der Waals surface area contributed by atoms with E-state index in [4.69, 9.17) is 19.6 Å². The summed E-state index contributed by atoms with van der Waals surface area (Å²) in [6.07, 6.45) is 2.95. The first-order valence-electron chi connectivity index (χ1n) is 14.1. The van der Waals surface area contributed by atoms with E-state index in [0.717, 1.165) is 36.2 Å². The van der Waals surface area contributed by atoms with Crippen molar-refractivity contribution in [1.82, 2.24) is 8.98 Å². The van der Waals surface area contributed by atoms with Crippen LogP contribution in [-0.2, 0) is 19.6 Å². The lowest BCUT2D eigenvalue weighted by molar-refractivity contribution is -0.118. The number of carbonyl (C=O) groups is 1. The maximum Gasteiger partial charge on any atom is 0.262 e. The topological polar surface area (TPSA) is 115 Å². The summed E-state index contributed by atoms with van der Waals surface area (Å²) < 4.78 is 40.4. The molecule has 1 amide bonds. The summed E-state index contributed by atoms with van der Waals surface area (Å²) >= 11 is 1.46. The highest BCUT2D eigenvalue weighted by Crippen LogP contribution is 2.38. The molecular weight excluding hydrogens is 574 g/mol. The summed E-state index contributed by atoms with van der Waals surface area (Å²) in [6, 6.07) is 12.4. The van der Waals surface area contributed by atoms with Gasteiger partial charge >= 0.3 is 0 Å². The number of nitrogens with one attached hydrogen (secondary N) is 1. The van der Waals surface area contributed by atoms with Crippen molar-refractivity contribution in [3.05, 3.63) is 52.6 Å². The minimum atomic E-state index is -3.59. The van der Waals surface area contributed by atoms with Crippen LogP contribution in [0.15, 0.2) is 62.8 Å². The van der Waals surface area contributed by atoms with E-state index in [9.17, 15) is 13.2 Å². The molecule has 6 rings (SSSR count). The zero-order valence-electron chi connectivity index (χ0n) is 24.0. The standard InChI is InChI=1S/C30H35N5O5S2/c1-20-14-23(17-30(2,3)16-20)33-35-26(21-4-9-27-25(15-21)32-28(36)18-40-27)19-41-29(35)31-22-5-7-24(8-6-22)42(37,38)34-10-12-39-13-11-34/h4-9,15,19-20H,10-14,16-18H2,1-3H3,(H,32,36). The fraction of sp³-hybridized carbons (Fsp3) is 0.433. The van der Waals surface area contributed by atoms with E-state index < -0.39 is 10.0 Å². The van der Waals surface area contributed by atoms with Crippen molar-refractivity contribution in [2.75, 3.05) is 38.2 Å². The van der Waals surface area contributed by atoms with E-state index in [1.54, 1.807) is 24.3 Å². The summed E-state index contributed by atoms with van der Waals surface area (Å²) in [6.45, 7) is 8.32. The number of hydrogen-bond donors (Lipinski definition) is 1. The van der Waals surface area contributed by atoms with Crippen LogP contribution < -0.4 is 14.9 Å². The zero-order chi connectivity index (χ0) is 29.5. The van der Waals surface area contributed by atoms with Crippen LogP contribution in [0, 0.1) is 11.3 Å². The molecule has 10 nitrogen and oxygen atoms in total. The normalized spacial score (nSPS) is 22.5. The number of morpholine rings is 1. The second-order valence-corrected chi connectivity index (χ2v) is 14.7. The summed E-state index contributed by atoms with van der Waals surface area (Å²) in [4.78, 5) is 17.7. The van der Waals surface area contributed by atoms with Crippen LogP contribution in [0.3, 0.4) is 0 Å². The van der Waals surface area contributed by atoms with Gasteiger partial charge in [-0.3, -0.25) is 4.79 Å². The number of sulfonamides is 1. The van der Waals surface area contributed by atoms with Crippen molar-refractivity contribution in [2.45, 2.75) is 44.9 Å². The highest BCUT2D eigenvalue weighted by molar-refractivity contribution is 7.89. The fourth-order valence-corrected chi connectivity index (χ4v) is 8.24. The Kier molecular flexibility index (Phi) is 7.81. The highest BCUT2D eigenvalue weighted by Gasteiger charge is 2.30. The largest absolute Gasteiger partial charge is 0.482 e. The third kappa shape index (κ3) is 6.07. The van der Waals surface area contributed by atoms with E-state index in [2.05, 4.69) is 26.1 Å². The maximum atomic E-state index is 13.1. The van der Waals surface area contributed by atoms with Gasteiger partial charge in [-0.1, -0.05) is 20.8 Å². The summed E-state index contributed by atoms with van der Waals surface area (Å²) in [5.74, 6) is 0.963. The Morgan fingerprint density at radius 1 is 1.10 bits per heavy atom. The van der Waals surface area contributed by atoms with E-state index in [1.165, 1.54) is 15.6 Å². The lowest BCUT2D eigenvalue weighted by atomic mass is 9.72. The van der Waals surface area contributed by atoms with Crippen LogP contribution in [0.25, 0.3) is 11.3 Å². The quantitative estimate of drug-likeness (QED) is 0.444. The van der Waals surface area contributed by atoms with E-state index in [1.807, 2.05) is 28.3 Å². The number of thiazole rings is 1. The molecule has 222 valence electrons. The Labute approximate surface area is 249 Å². The van der Waals surface area contributed by atoms with Gasteiger partial charge in [-0.05, 0) is 73.1 Å². The molecular formula is C30H35N5O5S2. The number of benzene rings is 2. The minimum Gasteiger partial charge on any atom is -0.482 e. The molecule has 3 heterocycles. The number of anilines is 1. The Morgan fingerprint density at radius 3 is 2.60 bits per heavy atom. The minimum absolute atomic E-state index is 0.00197. The summed E-state index contributed by atoms with van der Waals surface area (Å²) in [5, 5.41) is 10.0. The monoisotopic (exact) mass is 609 g/mol. The number of carbonyl (C=O) groups excluding carboxylic acids is 1. The first-order valence-corrected chi connectivity index (χ1v) is 16.5. The highest BCUT2D eigenvalue weighted by atomic mass is 32.2. The van der Waals surface area contributed by atoms with Gasteiger partial charge in [0.25, 0.3) is 5.91 Å². The van der Waals surface area contributed by atoms with Gasteiger partial charge in [0, 0.05) is 29.7 Å². The van der Waals surface area contributed by atoms with E-state index in [0.29, 0.717) is 54.1 Å². The van der Waals surface area contributed by atoms with Crippen LogP contribution in [0.4, 0.5) is 11.4 Å². The van der Waals surface area contributed by atoms with Gasteiger partial charge in [-0.2, -0.15) is 9.41 Å². The number of aromatic nitrogens is 1. The second kappa shape index (κ2) is 11.4. The van der Waals surface area contributed by atoms with Crippen molar-refractivity contribution in [3.8, 4) is 17.0 Å². The zero-order valence-corrected chi connectivity index (χ0v) is 25.6. The third-order valence-corrected chi connectivity index (χ3v) is 10.4. The van der Waals surface area contributed by atoms with Gasteiger partial charge in [0.1, 0.15) is 5.75 Å². The Hall–Kier alpha value is -3.32. The van der Waals surface area contributed by atoms with Gasteiger partial charge in [0.15, 0.2) is 6.61 Å². The Morgan fingerprint density at radius 2 is 1.86 bits per heavy atom. The molecule has 1 saturated heterocycles. The lowest BCUT2D eigenvalue weighted by Gasteiger charge is -2.34. The molecule has 1 unspecified atom stereocenters. The maximum absolute atomic E-state index is 13.1. The van der Waals surface area contributed by atoms with Gasteiger partial charge in [-0.15, -0.1) is 11.3 Å². The lowest BCUT2D eigenvalue weighted by Crippen LogP contribution is -2.40. The average Bonchev–Trinajstić information content (AvgIpc) is 3.33. The van der Waals surface area contributed by atoms with Crippen LogP contribution >= 0.6 is 11.3 Å². The predicted molar refractivity (Wildman–Crippen MR) is 163 cm³/mol. The van der Waals surface area contributed by atoms with Gasteiger partial charge in [-0.25, -0.2) is 18.1 Å². The number of ether oxygens (including phenoxy) is 2. The predicted octanol–water partition coefficient (Wildman–Crippen LogP) is 4.85. The molecule has 2 aromatic carbocycles. The van der Waals surface area contributed by atoms with E-state index >= 15 is 0 Å². The molecule has 12 heteroatoms. The van der Waals surface area contributed by atoms with Crippen LogP contribution in [0.2, 0.25) is 0 Å². The molecule has 42 heavy (non-hydrogen) atoms. The molecule has 1 aliphatic carbocycles. The molecule has 0 bridgehead atoms. The Balaban J connectivity index is 1.40. The first-order chi connectivity index (χ1) is 20.1. The molecule has 3 aromatic rings. The van der Waals surface area contributed by atoms with Gasteiger partial charge < -0.3 is 14.8 Å². The number of fused-ring (bicyclic) bond motifs is 1. The van der Waals surface area contributed by atoms with Crippen molar-refractivity contribution in [3.63, 3.8) is 0 Å². The van der Waals surface area contributed by atoms with Crippen LogP contribution in [0.5, 0.6) is 5.75 Å². The van der Waals surface area contributed by atoms with E-state index in [-0.39, 0.29) is 22.8 Å². The third-order valence-electron chi connectivity index (χ3n) is 7.67. The smallest absolute Gasteiger partial charge is 0.262 e. The summed E-state index contributed by atoms with van der Waals surface area (Å²) in [5.41, 5.74) is 4.23.